The van der Waals surface area contributed by atoms with Crippen LogP contribution < -0.4 is 4.74 Å². The van der Waals surface area contributed by atoms with E-state index in [-0.39, 0.29) is 33.8 Å². The fraction of sp³-hybridized carbons (Fsp3) is 0.167. The monoisotopic (exact) mass is 533 g/mol. The van der Waals surface area contributed by atoms with Gasteiger partial charge in [-0.3, -0.25) is 9.59 Å². The molecule has 0 aliphatic rings. The lowest BCUT2D eigenvalue weighted by molar-refractivity contribution is -0.144. The van der Waals surface area contributed by atoms with Crippen molar-refractivity contribution in [1.82, 2.24) is 0 Å². The highest BCUT2D eigenvalue weighted by Gasteiger charge is 2.28. The van der Waals surface area contributed by atoms with Crippen molar-refractivity contribution in [3.8, 4) is 5.75 Å². The molecule has 0 saturated carbocycles. The van der Waals surface area contributed by atoms with E-state index < -0.39 is 5.97 Å². The molecule has 0 heterocycles. The van der Waals surface area contributed by atoms with Crippen LogP contribution in [0.1, 0.15) is 13.3 Å². The number of ether oxygens (including phenoxy) is 2. The van der Waals surface area contributed by atoms with Crippen LogP contribution in [0, 0.1) is 0 Å². The van der Waals surface area contributed by atoms with Gasteiger partial charge < -0.3 is 9.47 Å². The first-order chi connectivity index (χ1) is 14.5. The maximum absolute atomic E-state index is 12.0. The van der Waals surface area contributed by atoms with Gasteiger partial charge >= 0.3 is 11.9 Å². The Bertz CT molecular complexity index is 920. The molecule has 0 radical (unpaired) electrons. The van der Waals surface area contributed by atoms with Gasteiger partial charge in [0, 0.05) is 0 Å². The molecule has 6 heteroatoms. The van der Waals surface area contributed by atoms with Gasteiger partial charge in [0.15, 0.2) is 14.7 Å². The Labute approximate surface area is 193 Å². The first-order valence-electron chi connectivity index (χ1n) is 9.50. The summed E-state index contributed by atoms with van der Waals surface area (Å²) in [6, 6.07) is 28.3. The van der Waals surface area contributed by atoms with Crippen molar-refractivity contribution in [2.45, 2.75) is 32.0 Å². The summed E-state index contributed by atoms with van der Waals surface area (Å²) in [7, 11) is -0.249. The van der Waals surface area contributed by atoms with Crippen LogP contribution in [0.2, 0.25) is 0 Å². The third-order valence-corrected chi connectivity index (χ3v) is 6.86. The molecule has 4 nitrogen and oxygen atoms in total. The van der Waals surface area contributed by atoms with Crippen LogP contribution in [0.15, 0.2) is 99.6 Å². The normalized spacial score (nSPS) is 11.7. The zero-order chi connectivity index (χ0) is 21.3. The molecule has 0 N–H and O–H groups in total. The third kappa shape index (κ3) is 6.34. The Hall–Kier alpha value is -2.32. The minimum absolute atomic E-state index is 0.0224. The van der Waals surface area contributed by atoms with E-state index in [0.717, 1.165) is 4.90 Å². The molecule has 0 amide bonds. The maximum Gasteiger partial charge on any atom is 0.318 e. The van der Waals surface area contributed by atoms with E-state index >= 15 is 0 Å². The van der Waals surface area contributed by atoms with Crippen molar-refractivity contribution in [3.63, 3.8) is 0 Å². The molecule has 0 bridgehead atoms. The summed E-state index contributed by atoms with van der Waals surface area (Å²) >= 11 is 1.97. The molecule has 0 aliphatic heterocycles. The van der Waals surface area contributed by atoms with E-state index in [1.165, 1.54) is 9.79 Å². The Morgan fingerprint density at radius 2 is 1.33 bits per heavy atom. The number of esters is 2. The molecule has 3 aromatic carbocycles. The van der Waals surface area contributed by atoms with E-state index in [1.807, 2.05) is 71.1 Å². The highest BCUT2D eigenvalue weighted by Crippen LogP contribution is 2.31. The van der Waals surface area contributed by atoms with Crippen LogP contribution in [-0.2, 0) is 25.2 Å². The average molecular weight is 533 g/mol. The number of halogens is 1. The summed E-state index contributed by atoms with van der Waals surface area (Å²) in [6.45, 7) is 1.76. The van der Waals surface area contributed by atoms with Crippen LogP contribution in [0.3, 0.4) is 0 Å². The molecule has 3 aromatic rings. The van der Waals surface area contributed by atoms with E-state index in [4.69, 9.17) is 9.47 Å². The predicted octanol–water partition coefficient (Wildman–Crippen LogP) is 5.44. The molecule has 0 aromatic heterocycles. The van der Waals surface area contributed by atoms with Crippen molar-refractivity contribution >= 4 is 45.4 Å². The van der Waals surface area contributed by atoms with Crippen LogP contribution in [-0.4, -0.2) is 22.5 Å². The second-order valence-electron chi connectivity index (χ2n) is 6.41. The van der Waals surface area contributed by atoms with Crippen molar-refractivity contribution in [1.29, 1.82) is 0 Å². The highest BCUT2D eigenvalue weighted by atomic mass is 127. The van der Waals surface area contributed by atoms with Crippen molar-refractivity contribution in [2.75, 3.05) is 6.61 Å². The van der Waals surface area contributed by atoms with Crippen molar-refractivity contribution in [3.05, 3.63) is 84.9 Å². The fourth-order valence-electron chi connectivity index (χ4n) is 2.70. The number of rotatable bonds is 8. The fourth-order valence-corrected chi connectivity index (χ4v) is 4.96. The Kier molecular flexibility index (Phi) is 8.33. The average Bonchev–Trinajstić information content (AvgIpc) is 2.76. The number of hydrogen-bond donors (Lipinski definition) is 0. The molecule has 154 valence electrons. The van der Waals surface area contributed by atoms with Gasteiger partial charge in [0.05, 0.1) is 17.3 Å². The molecular weight excluding hydrogens is 511 g/mol. The Morgan fingerprint density at radius 1 is 0.833 bits per heavy atom. The zero-order valence-electron chi connectivity index (χ0n) is 16.5. The summed E-state index contributed by atoms with van der Waals surface area (Å²) in [6.07, 6.45) is 0.0231. The molecule has 0 aliphatic carbocycles. The van der Waals surface area contributed by atoms with Gasteiger partial charge in [-0.2, -0.15) is 0 Å². The van der Waals surface area contributed by atoms with Crippen molar-refractivity contribution < 1.29 is 19.1 Å². The first kappa shape index (κ1) is 22.4. The van der Waals surface area contributed by atoms with Crippen molar-refractivity contribution in [2.24, 2.45) is 0 Å². The lowest BCUT2D eigenvalue weighted by Gasteiger charge is -2.09. The zero-order valence-corrected chi connectivity index (χ0v) is 19.5. The summed E-state index contributed by atoms with van der Waals surface area (Å²) in [5.74, 6) is -0.287. The standard InChI is InChI=1S/C24H22IO4S/c1-18(25)24(27)28-17-16-23(26)29-19-12-14-22(15-13-19)30(20-8-4-2-5-9-20)21-10-6-3-7-11-21/h2-15,18H,16-17H2,1H3/q+1. The second-order valence-corrected chi connectivity index (χ2v) is 10.3. The van der Waals surface area contributed by atoms with E-state index in [0.29, 0.717) is 5.75 Å². The van der Waals surface area contributed by atoms with Crippen LogP contribution in [0.25, 0.3) is 0 Å². The predicted molar refractivity (Wildman–Crippen MR) is 126 cm³/mol. The number of carbonyl (C=O) groups is 2. The van der Waals surface area contributed by atoms with Crippen LogP contribution in [0.4, 0.5) is 0 Å². The molecule has 0 saturated heterocycles. The van der Waals surface area contributed by atoms with E-state index in [9.17, 15) is 9.59 Å². The van der Waals surface area contributed by atoms with E-state index in [1.54, 1.807) is 19.1 Å². The van der Waals surface area contributed by atoms with E-state index in [2.05, 4.69) is 24.3 Å². The first-order valence-corrected chi connectivity index (χ1v) is 12.0. The largest absolute Gasteiger partial charge is 0.464 e. The molecule has 0 spiro atoms. The number of benzene rings is 3. The Balaban J connectivity index is 1.68. The van der Waals surface area contributed by atoms with Gasteiger partial charge in [0.1, 0.15) is 16.3 Å². The third-order valence-electron chi connectivity index (χ3n) is 4.12. The van der Waals surface area contributed by atoms with Gasteiger partial charge in [-0.15, -0.1) is 0 Å². The smallest absolute Gasteiger partial charge is 0.318 e. The quantitative estimate of drug-likeness (QED) is 0.127. The summed E-state index contributed by atoms with van der Waals surface area (Å²) < 4.78 is 10.1. The summed E-state index contributed by atoms with van der Waals surface area (Å²) in [5.41, 5.74) is 0. The van der Waals surface area contributed by atoms with Gasteiger partial charge in [0.2, 0.25) is 0 Å². The lowest BCUT2D eigenvalue weighted by Crippen LogP contribution is -2.18. The highest BCUT2D eigenvalue weighted by molar-refractivity contribution is 14.1. The van der Waals surface area contributed by atoms with Gasteiger partial charge in [-0.1, -0.05) is 59.0 Å². The Morgan fingerprint density at radius 3 is 1.83 bits per heavy atom. The lowest BCUT2D eigenvalue weighted by atomic mass is 10.3. The number of carbonyl (C=O) groups excluding carboxylic acids is 2. The SMILES string of the molecule is CC(I)C(=O)OCCC(=O)Oc1ccc([S+](c2ccccc2)c2ccccc2)cc1. The molecule has 3 rings (SSSR count). The molecule has 1 unspecified atom stereocenters. The van der Waals surface area contributed by atoms with Crippen LogP contribution >= 0.6 is 22.6 Å². The minimum atomic E-state index is -0.429. The summed E-state index contributed by atoms with van der Waals surface area (Å²) in [5, 5.41) is 0. The molecular formula is C24H22IO4S+. The molecule has 0 fully saturated rings. The molecule has 30 heavy (non-hydrogen) atoms. The number of hydrogen-bond acceptors (Lipinski definition) is 4. The summed E-state index contributed by atoms with van der Waals surface area (Å²) in [4.78, 5) is 27.0. The minimum Gasteiger partial charge on any atom is -0.464 e. The van der Waals surface area contributed by atoms with Gasteiger partial charge in [-0.25, -0.2) is 0 Å². The topological polar surface area (TPSA) is 52.6 Å². The number of alkyl halides is 1. The maximum atomic E-state index is 12.0. The molecule has 1 atom stereocenters. The second kappa shape index (κ2) is 11.2. The van der Waals surface area contributed by atoms with Crippen LogP contribution in [0.5, 0.6) is 5.75 Å². The van der Waals surface area contributed by atoms with Gasteiger partial charge in [0.25, 0.3) is 0 Å². The van der Waals surface area contributed by atoms with Gasteiger partial charge in [-0.05, 0) is 55.5 Å².